The van der Waals surface area contributed by atoms with Crippen LogP contribution in [0.2, 0.25) is 0 Å². The van der Waals surface area contributed by atoms with E-state index in [2.05, 4.69) is 15.3 Å². The van der Waals surface area contributed by atoms with Crippen molar-refractivity contribution in [2.24, 2.45) is 5.10 Å². The Balaban J connectivity index is 2.28. The SMILES string of the molecule is CSc1nnc(C)n1/N=C\c1cccc(O)c1. The molecule has 0 saturated heterocycles. The van der Waals surface area contributed by atoms with E-state index in [-0.39, 0.29) is 5.75 Å². The number of thioether (sulfide) groups is 1. The molecule has 2 aromatic rings. The van der Waals surface area contributed by atoms with Crippen molar-refractivity contribution in [3.63, 3.8) is 0 Å². The summed E-state index contributed by atoms with van der Waals surface area (Å²) in [7, 11) is 0. The number of phenolic OH excluding ortho intramolecular Hbond substituents is 1. The maximum Gasteiger partial charge on any atom is 0.211 e. The van der Waals surface area contributed by atoms with Crippen molar-refractivity contribution in [3.8, 4) is 5.75 Å². The normalized spacial score (nSPS) is 11.2. The van der Waals surface area contributed by atoms with Crippen LogP contribution in [-0.2, 0) is 0 Å². The molecule has 17 heavy (non-hydrogen) atoms. The average molecular weight is 248 g/mol. The summed E-state index contributed by atoms with van der Waals surface area (Å²) in [4.78, 5) is 0. The van der Waals surface area contributed by atoms with Crippen molar-refractivity contribution in [3.05, 3.63) is 35.7 Å². The summed E-state index contributed by atoms with van der Waals surface area (Å²) in [5.41, 5.74) is 0.824. The second kappa shape index (κ2) is 5.01. The van der Waals surface area contributed by atoms with Crippen molar-refractivity contribution in [2.45, 2.75) is 12.1 Å². The molecule has 0 bridgehead atoms. The molecule has 0 fully saturated rings. The summed E-state index contributed by atoms with van der Waals surface area (Å²) in [6.07, 6.45) is 3.58. The summed E-state index contributed by atoms with van der Waals surface area (Å²) in [6.45, 7) is 1.84. The second-order valence-corrected chi connectivity index (χ2v) is 4.16. The van der Waals surface area contributed by atoms with Crippen molar-refractivity contribution >= 4 is 18.0 Å². The number of hydrogen-bond acceptors (Lipinski definition) is 5. The van der Waals surface area contributed by atoms with Crippen LogP contribution in [0.3, 0.4) is 0 Å². The average Bonchev–Trinajstić information content (AvgIpc) is 2.67. The maximum absolute atomic E-state index is 9.33. The van der Waals surface area contributed by atoms with Gasteiger partial charge in [-0.3, -0.25) is 0 Å². The van der Waals surface area contributed by atoms with Gasteiger partial charge in [-0.25, -0.2) is 0 Å². The lowest BCUT2D eigenvalue weighted by molar-refractivity contribution is 0.475. The molecule has 1 heterocycles. The van der Waals surface area contributed by atoms with Gasteiger partial charge >= 0.3 is 0 Å². The Hall–Kier alpha value is -1.82. The number of rotatable bonds is 3. The molecule has 5 nitrogen and oxygen atoms in total. The Kier molecular flexibility index (Phi) is 3.43. The van der Waals surface area contributed by atoms with Crippen LogP contribution in [0.15, 0.2) is 34.5 Å². The lowest BCUT2D eigenvalue weighted by Crippen LogP contribution is -1.95. The molecule has 1 aromatic carbocycles. The predicted octanol–water partition coefficient (Wildman–Crippen LogP) is 1.90. The first-order valence-corrected chi connectivity index (χ1v) is 6.22. The van der Waals surface area contributed by atoms with Crippen LogP contribution in [0.25, 0.3) is 0 Å². The molecule has 0 aliphatic heterocycles. The van der Waals surface area contributed by atoms with Gasteiger partial charge in [0, 0.05) is 0 Å². The van der Waals surface area contributed by atoms with E-state index in [9.17, 15) is 5.11 Å². The molecule has 0 amide bonds. The second-order valence-electron chi connectivity index (χ2n) is 3.39. The van der Waals surface area contributed by atoms with Crippen LogP contribution in [0.1, 0.15) is 11.4 Å². The van der Waals surface area contributed by atoms with Gasteiger partial charge in [-0.15, -0.1) is 10.2 Å². The predicted molar refractivity (Wildman–Crippen MR) is 67.6 cm³/mol. The van der Waals surface area contributed by atoms with Crippen molar-refractivity contribution in [1.29, 1.82) is 0 Å². The van der Waals surface area contributed by atoms with Gasteiger partial charge in [0.05, 0.1) is 6.21 Å². The largest absolute Gasteiger partial charge is 0.508 e. The number of aromatic nitrogens is 3. The maximum atomic E-state index is 9.33. The molecule has 0 unspecified atom stereocenters. The lowest BCUT2D eigenvalue weighted by atomic mass is 10.2. The highest BCUT2D eigenvalue weighted by Gasteiger charge is 2.05. The Morgan fingerprint density at radius 3 is 2.94 bits per heavy atom. The first-order chi connectivity index (χ1) is 8.20. The first kappa shape index (κ1) is 11.7. The highest BCUT2D eigenvalue weighted by Crippen LogP contribution is 2.13. The molecule has 0 aliphatic carbocycles. The van der Waals surface area contributed by atoms with Gasteiger partial charge in [0.15, 0.2) is 5.82 Å². The van der Waals surface area contributed by atoms with E-state index in [0.29, 0.717) is 0 Å². The highest BCUT2D eigenvalue weighted by atomic mass is 32.2. The molecule has 0 spiro atoms. The molecule has 0 atom stereocenters. The van der Waals surface area contributed by atoms with E-state index in [4.69, 9.17) is 0 Å². The molecule has 88 valence electrons. The Bertz CT molecular complexity index is 550. The zero-order valence-electron chi connectivity index (χ0n) is 9.53. The minimum absolute atomic E-state index is 0.222. The minimum Gasteiger partial charge on any atom is -0.508 e. The van der Waals surface area contributed by atoms with Crippen LogP contribution in [0.5, 0.6) is 5.75 Å². The van der Waals surface area contributed by atoms with Gasteiger partial charge in [-0.1, -0.05) is 23.9 Å². The van der Waals surface area contributed by atoms with Crippen LogP contribution in [0.4, 0.5) is 0 Å². The molecule has 1 aromatic heterocycles. The number of aromatic hydroxyl groups is 1. The fourth-order valence-corrected chi connectivity index (χ4v) is 1.80. The van der Waals surface area contributed by atoms with Gasteiger partial charge in [0.2, 0.25) is 5.16 Å². The van der Waals surface area contributed by atoms with Gasteiger partial charge in [0.25, 0.3) is 0 Å². The first-order valence-electron chi connectivity index (χ1n) is 5.00. The fraction of sp³-hybridized carbons (Fsp3) is 0.182. The van der Waals surface area contributed by atoms with E-state index in [1.54, 1.807) is 29.1 Å². The molecular weight excluding hydrogens is 236 g/mol. The molecular formula is C11H12N4OS. The Morgan fingerprint density at radius 2 is 2.24 bits per heavy atom. The molecule has 0 radical (unpaired) electrons. The smallest absolute Gasteiger partial charge is 0.211 e. The summed E-state index contributed by atoms with van der Waals surface area (Å²) in [5, 5.41) is 22.3. The van der Waals surface area contributed by atoms with E-state index < -0.39 is 0 Å². The van der Waals surface area contributed by atoms with E-state index in [0.717, 1.165) is 16.5 Å². The minimum atomic E-state index is 0.222. The molecule has 6 heteroatoms. The summed E-state index contributed by atoms with van der Waals surface area (Å²) in [5.74, 6) is 0.949. The Labute approximate surface area is 103 Å². The standard InChI is InChI=1S/C11H12N4OS/c1-8-13-14-11(17-2)15(8)12-7-9-4-3-5-10(16)6-9/h3-7,16H,1-2H3/b12-7-. The van der Waals surface area contributed by atoms with Gasteiger partial charge in [-0.2, -0.15) is 9.78 Å². The third kappa shape index (κ3) is 2.65. The summed E-state index contributed by atoms with van der Waals surface area (Å²) in [6, 6.07) is 6.89. The van der Waals surface area contributed by atoms with Crippen LogP contribution in [0, 0.1) is 6.92 Å². The van der Waals surface area contributed by atoms with E-state index in [1.807, 2.05) is 19.2 Å². The van der Waals surface area contributed by atoms with Gasteiger partial charge < -0.3 is 5.11 Å². The van der Waals surface area contributed by atoms with E-state index >= 15 is 0 Å². The molecule has 0 saturated carbocycles. The van der Waals surface area contributed by atoms with Crippen molar-refractivity contribution < 1.29 is 5.11 Å². The van der Waals surface area contributed by atoms with Crippen molar-refractivity contribution in [2.75, 3.05) is 6.26 Å². The molecule has 2 rings (SSSR count). The molecule has 1 N–H and O–H groups in total. The zero-order valence-corrected chi connectivity index (χ0v) is 10.3. The topological polar surface area (TPSA) is 63.3 Å². The van der Waals surface area contributed by atoms with Crippen LogP contribution in [-0.4, -0.2) is 32.5 Å². The number of benzene rings is 1. The number of phenols is 1. The lowest BCUT2D eigenvalue weighted by Gasteiger charge is -1.99. The van der Waals surface area contributed by atoms with Crippen LogP contribution >= 0.6 is 11.8 Å². The third-order valence-corrected chi connectivity index (χ3v) is 2.76. The summed E-state index contributed by atoms with van der Waals surface area (Å²) >= 11 is 1.48. The summed E-state index contributed by atoms with van der Waals surface area (Å²) < 4.78 is 1.66. The zero-order chi connectivity index (χ0) is 12.3. The van der Waals surface area contributed by atoms with Crippen molar-refractivity contribution in [1.82, 2.24) is 14.9 Å². The van der Waals surface area contributed by atoms with E-state index in [1.165, 1.54) is 11.8 Å². The fourth-order valence-electron chi connectivity index (χ4n) is 1.33. The number of nitrogens with zero attached hydrogens (tertiary/aromatic N) is 4. The van der Waals surface area contributed by atoms with Gasteiger partial charge in [-0.05, 0) is 30.9 Å². The Morgan fingerprint density at radius 1 is 1.41 bits per heavy atom. The highest BCUT2D eigenvalue weighted by molar-refractivity contribution is 7.98. The van der Waals surface area contributed by atoms with Gasteiger partial charge in [0.1, 0.15) is 5.75 Å². The van der Waals surface area contributed by atoms with Crippen LogP contribution < -0.4 is 0 Å². The molecule has 0 aliphatic rings. The quantitative estimate of drug-likeness (QED) is 0.665. The number of aryl methyl sites for hydroxylation is 1. The monoisotopic (exact) mass is 248 g/mol. The third-order valence-electron chi connectivity index (χ3n) is 2.14. The number of hydrogen-bond donors (Lipinski definition) is 1.